The lowest BCUT2D eigenvalue weighted by Crippen LogP contribution is -2.00. The maximum atomic E-state index is 11.0. The van der Waals surface area contributed by atoms with Crippen LogP contribution in [0.5, 0.6) is 0 Å². The van der Waals surface area contributed by atoms with Crippen LogP contribution in [0, 0.1) is 5.92 Å². The molecule has 3 nitrogen and oxygen atoms in total. The second kappa shape index (κ2) is 7.79. The van der Waals surface area contributed by atoms with E-state index in [1.807, 2.05) is 0 Å². The summed E-state index contributed by atoms with van der Waals surface area (Å²) in [5, 5.41) is 0. The molecule has 2 atom stereocenters. The van der Waals surface area contributed by atoms with E-state index in [0.29, 0.717) is 5.92 Å². The van der Waals surface area contributed by atoms with E-state index in [4.69, 9.17) is 4.55 Å². The summed E-state index contributed by atoms with van der Waals surface area (Å²) in [5.74, 6) is 1.22. The van der Waals surface area contributed by atoms with Crippen molar-refractivity contribution in [3.63, 3.8) is 0 Å². The van der Waals surface area contributed by atoms with E-state index in [0.717, 1.165) is 17.9 Å². The Balaban J connectivity index is 2.46. The van der Waals surface area contributed by atoms with Crippen LogP contribution >= 0.6 is 0 Å². The Hall–Kier alpha value is -0.870. The lowest BCUT2D eigenvalue weighted by Gasteiger charge is -2.13. The zero-order valence-corrected chi connectivity index (χ0v) is 13.5. The average Bonchev–Trinajstić information content (AvgIpc) is 2.42. The van der Waals surface area contributed by atoms with Gasteiger partial charge in [0.25, 0.3) is 10.1 Å². The smallest absolute Gasteiger partial charge is 0.282 e. The fourth-order valence-corrected chi connectivity index (χ4v) is 2.76. The Morgan fingerprint density at radius 2 is 1.60 bits per heavy atom. The van der Waals surface area contributed by atoms with Crippen LogP contribution in [0.25, 0.3) is 0 Å². The Labute approximate surface area is 123 Å². The minimum Gasteiger partial charge on any atom is -0.282 e. The normalized spacial score (nSPS) is 15.0. The monoisotopic (exact) mass is 298 g/mol. The number of benzene rings is 1. The van der Waals surface area contributed by atoms with Crippen molar-refractivity contribution in [3.05, 3.63) is 29.8 Å². The van der Waals surface area contributed by atoms with E-state index >= 15 is 0 Å². The van der Waals surface area contributed by atoms with Crippen molar-refractivity contribution in [2.45, 2.75) is 63.7 Å². The zero-order chi connectivity index (χ0) is 15.2. The van der Waals surface area contributed by atoms with Crippen molar-refractivity contribution in [1.82, 2.24) is 0 Å². The topological polar surface area (TPSA) is 54.4 Å². The van der Waals surface area contributed by atoms with Crippen LogP contribution in [-0.2, 0) is 10.1 Å². The molecule has 0 aliphatic rings. The van der Waals surface area contributed by atoms with Crippen LogP contribution in [0.2, 0.25) is 0 Å². The van der Waals surface area contributed by atoms with E-state index in [1.54, 1.807) is 12.1 Å². The van der Waals surface area contributed by atoms with Crippen LogP contribution in [0.3, 0.4) is 0 Å². The van der Waals surface area contributed by atoms with Gasteiger partial charge in [-0.3, -0.25) is 4.55 Å². The van der Waals surface area contributed by atoms with Crippen molar-refractivity contribution in [1.29, 1.82) is 0 Å². The van der Waals surface area contributed by atoms with Gasteiger partial charge in [-0.1, -0.05) is 58.6 Å². The standard InChI is InChI=1S/C16H26O3S/c1-4-13(2)7-5-6-8-14(3)15-9-11-16(12-10-15)20(17,18)19/h9-14H,4-8H2,1-3H3,(H,17,18,19). The number of rotatable bonds is 8. The SMILES string of the molecule is CCC(C)CCCCC(C)c1ccc(S(=O)(=O)O)cc1. The second-order valence-electron chi connectivity index (χ2n) is 5.74. The first-order valence-corrected chi connectivity index (χ1v) is 8.86. The van der Waals surface area contributed by atoms with Crippen LogP contribution in [0.1, 0.15) is 64.4 Å². The summed E-state index contributed by atoms with van der Waals surface area (Å²) in [4.78, 5) is -0.0368. The summed E-state index contributed by atoms with van der Waals surface area (Å²) in [6, 6.07) is 6.53. The average molecular weight is 298 g/mol. The molecule has 0 amide bonds. The number of hydrogen-bond donors (Lipinski definition) is 1. The molecule has 0 bridgehead atoms. The van der Waals surface area contributed by atoms with Gasteiger partial charge in [0, 0.05) is 0 Å². The molecule has 0 aliphatic carbocycles. The number of unbranched alkanes of at least 4 members (excludes halogenated alkanes) is 1. The highest BCUT2D eigenvalue weighted by Gasteiger charge is 2.11. The molecule has 4 heteroatoms. The zero-order valence-electron chi connectivity index (χ0n) is 12.7. The van der Waals surface area contributed by atoms with Crippen molar-refractivity contribution in [2.24, 2.45) is 5.92 Å². The third-order valence-electron chi connectivity index (χ3n) is 4.03. The first-order chi connectivity index (χ1) is 9.34. The molecule has 1 aromatic rings. The van der Waals surface area contributed by atoms with E-state index in [9.17, 15) is 8.42 Å². The predicted molar refractivity (Wildman–Crippen MR) is 82.6 cm³/mol. The highest BCUT2D eigenvalue weighted by Crippen LogP contribution is 2.24. The van der Waals surface area contributed by atoms with Gasteiger partial charge in [0.2, 0.25) is 0 Å². The highest BCUT2D eigenvalue weighted by molar-refractivity contribution is 7.85. The molecule has 0 heterocycles. The third kappa shape index (κ3) is 5.63. The Morgan fingerprint density at radius 3 is 2.10 bits per heavy atom. The molecule has 114 valence electrons. The lowest BCUT2D eigenvalue weighted by atomic mass is 9.93. The van der Waals surface area contributed by atoms with Gasteiger partial charge in [-0.25, -0.2) is 0 Å². The molecule has 0 radical (unpaired) electrons. The van der Waals surface area contributed by atoms with Gasteiger partial charge < -0.3 is 0 Å². The number of hydrogen-bond acceptors (Lipinski definition) is 2. The molecule has 0 saturated heterocycles. The van der Waals surface area contributed by atoms with Gasteiger partial charge in [-0.05, 0) is 36.0 Å². The molecule has 0 saturated carbocycles. The van der Waals surface area contributed by atoms with Crippen molar-refractivity contribution in [2.75, 3.05) is 0 Å². The molecule has 2 unspecified atom stereocenters. The van der Waals surface area contributed by atoms with E-state index in [1.165, 1.54) is 37.8 Å². The first kappa shape index (κ1) is 17.2. The molecule has 0 aliphatic heterocycles. The maximum absolute atomic E-state index is 11.0. The van der Waals surface area contributed by atoms with Crippen LogP contribution in [0.15, 0.2) is 29.2 Å². The van der Waals surface area contributed by atoms with Crippen molar-refractivity contribution in [3.8, 4) is 0 Å². The summed E-state index contributed by atoms with van der Waals surface area (Å²) in [7, 11) is -4.08. The summed E-state index contributed by atoms with van der Waals surface area (Å²) in [6.07, 6.45) is 6.09. The molecular weight excluding hydrogens is 272 g/mol. The summed E-state index contributed by atoms with van der Waals surface area (Å²) in [5.41, 5.74) is 1.13. The minimum absolute atomic E-state index is 0.0368. The van der Waals surface area contributed by atoms with Crippen LogP contribution in [-0.4, -0.2) is 13.0 Å². The van der Waals surface area contributed by atoms with E-state index in [2.05, 4.69) is 20.8 Å². The molecule has 0 spiro atoms. The van der Waals surface area contributed by atoms with Gasteiger partial charge in [-0.2, -0.15) is 8.42 Å². The van der Waals surface area contributed by atoms with Crippen LogP contribution in [0.4, 0.5) is 0 Å². The Bertz CT molecular complexity index is 491. The Morgan fingerprint density at radius 1 is 1.05 bits per heavy atom. The molecule has 0 aromatic heterocycles. The van der Waals surface area contributed by atoms with E-state index in [-0.39, 0.29) is 4.90 Å². The molecule has 0 fully saturated rings. The van der Waals surface area contributed by atoms with Gasteiger partial charge in [0.15, 0.2) is 0 Å². The molecule has 20 heavy (non-hydrogen) atoms. The quantitative estimate of drug-likeness (QED) is 0.561. The van der Waals surface area contributed by atoms with Crippen molar-refractivity contribution >= 4 is 10.1 Å². The molecule has 1 N–H and O–H groups in total. The maximum Gasteiger partial charge on any atom is 0.294 e. The van der Waals surface area contributed by atoms with Gasteiger partial charge in [-0.15, -0.1) is 0 Å². The van der Waals surface area contributed by atoms with Gasteiger partial charge in [0.05, 0.1) is 4.90 Å². The second-order valence-corrected chi connectivity index (χ2v) is 7.16. The molecular formula is C16H26O3S. The Kier molecular flexibility index (Phi) is 6.69. The fraction of sp³-hybridized carbons (Fsp3) is 0.625. The van der Waals surface area contributed by atoms with E-state index < -0.39 is 10.1 Å². The summed E-state index contributed by atoms with van der Waals surface area (Å²) >= 11 is 0. The minimum atomic E-state index is -4.08. The largest absolute Gasteiger partial charge is 0.294 e. The van der Waals surface area contributed by atoms with Gasteiger partial charge in [0.1, 0.15) is 0 Å². The highest BCUT2D eigenvalue weighted by atomic mass is 32.2. The van der Waals surface area contributed by atoms with Crippen molar-refractivity contribution < 1.29 is 13.0 Å². The van der Waals surface area contributed by atoms with Gasteiger partial charge >= 0.3 is 0 Å². The first-order valence-electron chi connectivity index (χ1n) is 7.42. The summed E-state index contributed by atoms with van der Waals surface area (Å²) in [6.45, 7) is 6.67. The van der Waals surface area contributed by atoms with Crippen LogP contribution < -0.4 is 0 Å². The lowest BCUT2D eigenvalue weighted by molar-refractivity contribution is 0.469. The fourth-order valence-electron chi connectivity index (χ4n) is 2.28. The predicted octanol–water partition coefficient (Wildman–Crippen LogP) is 4.64. The molecule has 1 rings (SSSR count). The summed E-state index contributed by atoms with van der Waals surface area (Å²) < 4.78 is 30.9. The molecule has 1 aromatic carbocycles. The third-order valence-corrected chi connectivity index (χ3v) is 4.90.